The van der Waals surface area contributed by atoms with Gasteiger partial charge in [0.15, 0.2) is 0 Å². The molecule has 1 aliphatic carbocycles. The van der Waals surface area contributed by atoms with Crippen LogP contribution in [-0.4, -0.2) is 44.7 Å². The second kappa shape index (κ2) is 8.76. The normalized spacial score (nSPS) is 16.4. The number of alkyl halides is 2. The van der Waals surface area contributed by atoms with Crippen molar-refractivity contribution in [3.63, 3.8) is 0 Å². The van der Waals surface area contributed by atoms with Crippen molar-refractivity contribution in [3.05, 3.63) is 47.7 Å². The topological polar surface area (TPSA) is 85.7 Å². The Morgan fingerprint density at radius 1 is 1.19 bits per heavy atom. The van der Waals surface area contributed by atoms with E-state index in [4.69, 9.17) is 9.47 Å². The summed E-state index contributed by atoms with van der Waals surface area (Å²) >= 11 is 0. The smallest absolute Gasteiger partial charge is 0.413 e. The maximum atomic E-state index is 13.3. The predicted molar refractivity (Wildman–Crippen MR) is 130 cm³/mol. The maximum Gasteiger partial charge on any atom is 0.413 e. The molecule has 2 aromatic heterocycles. The van der Waals surface area contributed by atoms with Crippen LogP contribution in [-0.2, 0) is 11.3 Å². The number of benzene rings is 1. The highest BCUT2D eigenvalue weighted by molar-refractivity contribution is 6.01. The fraction of sp³-hybridized carbons (Fsp3) is 0.423. The van der Waals surface area contributed by atoms with Gasteiger partial charge in [-0.3, -0.25) is 10.1 Å². The Kier molecular flexibility index (Phi) is 5.84. The lowest BCUT2D eigenvalue weighted by Gasteiger charge is -2.24. The molecule has 1 fully saturated rings. The second-order valence-corrected chi connectivity index (χ2v) is 10.3. The fourth-order valence-corrected chi connectivity index (χ4v) is 4.64. The Balaban J connectivity index is 1.48. The molecule has 8 nitrogen and oxygen atoms in total. The number of nitrogens with one attached hydrogen (secondary N) is 1. The molecule has 2 aliphatic rings. The highest BCUT2D eigenvalue weighted by Gasteiger charge is 2.40. The molecule has 3 heterocycles. The Bertz CT molecular complexity index is 1340. The summed E-state index contributed by atoms with van der Waals surface area (Å²) in [7, 11) is 0. The van der Waals surface area contributed by atoms with Gasteiger partial charge in [-0.2, -0.15) is 8.78 Å². The van der Waals surface area contributed by atoms with Gasteiger partial charge in [-0.25, -0.2) is 9.78 Å². The van der Waals surface area contributed by atoms with Gasteiger partial charge in [0.2, 0.25) is 0 Å². The molecule has 5 rings (SSSR count). The SMILES string of the molecule is C[C@@H](C1CC1)N1Cc2cc(-n3ccc4nc(NC(=O)OC(C)(C)C)ccc43)cc(OC(F)F)c2C1=O. The summed E-state index contributed by atoms with van der Waals surface area (Å²) in [6.45, 7) is 4.60. The van der Waals surface area contributed by atoms with Gasteiger partial charge >= 0.3 is 12.7 Å². The summed E-state index contributed by atoms with van der Waals surface area (Å²) in [5, 5.41) is 2.61. The zero-order valence-corrected chi connectivity index (χ0v) is 20.5. The van der Waals surface area contributed by atoms with Crippen LogP contribution in [0.15, 0.2) is 36.5 Å². The van der Waals surface area contributed by atoms with E-state index in [-0.39, 0.29) is 23.3 Å². The highest BCUT2D eigenvalue weighted by Crippen LogP contribution is 2.41. The van der Waals surface area contributed by atoms with Crippen molar-refractivity contribution in [3.8, 4) is 11.4 Å². The molecule has 1 saturated carbocycles. The minimum Gasteiger partial charge on any atom is -0.444 e. The molecular formula is C26H28F2N4O4. The molecule has 190 valence electrons. The molecule has 0 bridgehead atoms. The van der Waals surface area contributed by atoms with Crippen LogP contribution in [0.5, 0.6) is 5.75 Å². The number of aromatic nitrogens is 2. The number of hydrogen-bond donors (Lipinski definition) is 1. The molecular weight excluding hydrogens is 470 g/mol. The number of ether oxygens (including phenoxy) is 2. The van der Waals surface area contributed by atoms with Gasteiger partial charge in [0, 0.05) is 30.5 Å². The number of nitrogens with zero attached hydrogens (tertiary/aromatic N) is 3. The summed E-state index contributed by atoms with van der Waals surface area (Å²) in [6, 6.07) is 8.49. The van der Waals surface area contributed by atoms with Crippen LogP contribution in [0.4, 0.5) is 19.4 Å². The Morgan fingerprint density at radius 2 is 1.94 bits per heavy atom. The number of hydrogen-bond acceptors (Lipinski definition) is 5. The summed E-state index contributed by atoms with van der Waals surface area (Å²) < 4.78 is 38.4. The quantitative estimate of drug-likeness (QED) is 0.469. The molecule has 3 aromatic rings. The first-order valence-corrected chi connectivity index (χ1v) is 11.9. The zero-order chi connectivity index (χ0) is 25.8. The molecule has 2 amide bonds. The lowest BCUT2D eigenvalue weighted by Crippen LogP contribution is -2.34. The minimum absolute atomic E-state index is 0.0419. The molecule has 1 atom stereocenters. The van der Waals surface area contributed by atoms with Gasteiger partial charge in [-0.1, -0.05) is 0 Å². The average molecular weight is 499 g/mol. The standard InChI is InChI=1S/C26H28F2N4O4/c1-14(15-5-6-15)32-13-16-11-17(12-20(35-24(27)28)22(16)23(32)33)31-10-9-18-19(31)7-8-21(29-18)30-25(34)36-26(2,3)4/h7-12,14-15,24H,5-6,13H2,1-4H3,(H,29,30,34)/t14-/m0/s1. The molecule has 1 aromatic carbocycles. The van der Waals surface area contributed by atoms with Crippen molar-refractivity contribution < 1.29 is 27.8 Å². The van der Waals surface area contributed by atoms with Crippen LogP contribution < -0.4 is 10.1 Å². The molecule has 0 unspecified atom stereocenters. The van der Waals surface area contributed by atoms with Crippen LogP contribution in [0.2, 0.25) is 0 Å². The number of pyridine rings is 1. The van der Waals surface area contributed by atoms with Crippen molar-refractivity contribution in [1.29, 1.82) is 0 Å². The summed E-state index contributed by atoms with van der Waals surface area (Å²) in [6.07, 6.45) is 3.28. The largest absolute Gasteiger partial charge is 0.444 e. The van der Waals surface area contributed by atoms with E-state index in [2.05, 4.69) is 10.3 Å². The molecule has 10 heteroatoms. The number of carbonyl (C=O) groups excluding carboxylic acids is 2. The Morgan fingerprint density at radius 3 is 2.61 bits per heavy atom. The molecule has 0 radical (unpaired) electrons. The molecule has 0 saturated heterocycles. The Hall–Kier alpha value is -3.69. The predicted octanol–water partition coefficient (Wildman–Crippen LogP) is 5.73. The van der Waals surface area contributed by atoms with E-state index in [9.17, 15) is 18.4 Å². The third-order valence-electron chi connectivity index (χ3n) is 6.45. The van der Waals surface area contributed by atoms with E-state index >= 15 is 0 Å². The van der Waals surface area contributed by atoms with E-state index in [1.54, 1.807) is 54.6 Å². The van der Waals surface area contributed by atoms with Crippen molar-refractivity contribution in [1.82, 2.24) is 14.5 Å². The second-order valence-electron chi connectivity index (χ2n) is 10.3. The summed E-state index contributed by atoms with van der Waals surface area (Å²) in [5.41, 5.74) is 2.06. The van der Waals surface area contributed by atoms with Gasteiger partial charge in [-0.05, 0) is 76.3 Å². The minimum atomic E-state index is -3.06. The number of anilines is 1. The molecule has 1 aliphatic heterocycles. The summed E-state index contributed by atoms with van der Waals surface area (Å²) in [5.74, 6) is 0.361. The molecule has 0 spiro atoms. The van der Waals surface area contributed by atoms with Crippen LogP contribution >= 0.6 is 0 Å². The van der Waals surface area contributed by atoms with Crippen LogP contribution in [0.1, 0.15) is 56.5 Å². The average Bonchev–Trinajstić information content (AvgIpc) is 3.45. The lowest BCUT2D eigenvalue weighted by molar-refractivity contribution is -0.0501. The van der Waals surface area contributed by atoms with Crippen LogP contribution in [0.3, 0.4) is 0 Å². The van der Waals surface area contributed by atoms with Crippen molar-refractivity contribution in [2.75, 3.05) is 5.32 Å². The number of fused-ring (bicyclic) bond motifs is 2. The van der Waals surface area contributed by atoms with Crippen molar-refractivity contribution >= 4 is 28.9 Å². The zero-order valence-electron chi connectivity index (χ0n) is 20.5. The van der Waals surface area contributed by atoms with Crippen molar-refractivity contribution in [2.24, 2.45) is 5.92 Å². The third-order valence-corrected chi connectivity index (χ3v) is 6.45. The Labute approximate surface area is 207 Å². The number of halogens is 2. The fourth-order valence-electron chi connectivity index (χ4n) is 4.64. The van der Waals surface area contributed by atoms with Crippen LogP contribution in [0, 0.1) is 5.92 Å². The van der Waals surface area contributed by atoms with E-state index in [0.29, 0.717) is 40.6 Å². The lowest BCUT2D eigenvalue weighted by atomic mass is 10.1. The van der Waals surface area contributed by atoms with Gasteiger partial charge < -0.3 is 18.9 Å². The van der Waals surface area contributed by atoms with Crippen molar-refractivity contribution in [2.45, 2.75) is 65.3 Å². The van der Waals surface area contributed by atoms with E-state index in [0.717, 1.165) is 12.8 Å². The van der Waals surface area contributed by atoms with E-state index in [1.165, 1.54) is 6.07 Å². The number of carbonyl (C=O) groups is 2. The third kappa shape index (κ3) is 4.72. The number of amides is 2. The first-order chi connectivity index (χ1) is 17.0. The van der Waals surface area contributed by atoms with Gasteiger partial charge in [-0.15, -0.1) is 0 Å². The van der Waals surface area contributed by atoms with Crippen LogP contribution in [0.25, 0.3) is 16.7 Å². The van der Waals surface area contributed by atoms with Gasteiger partial charge in [0.05, 0.1) is 16.6 Å². The highest BCUT2D eigenvalue weighted by atomic mass is 19.3. The van der Waals surface area contributed by atoms with E-state index < -0.39 is 18.3 Å². The molecule has 36 heavy (non-hydrogen) atoms. The summed E-state index contributed by atoms with van der Waals surface area (Å²) in [4.78, 5) is 31.4. The maximum absolute atomic E-state index is 13.3. The van der Waals surface area contributed by atoms with Gasteiger partial charge in [0.25, 0.3) is 5.91 Å². The number of rotatable bonds is 6. The monoisotopic (exact) mass is 498 g/mol. The van der Waals surface area contributed by atoms with Gasteiger partial charge in [0.1, 0.15) is 17.2 Å². The first kappa shape index (κ1) is 24.0. The molecule has 1 N–H and O–H groups in total. The first-order valence-electron chi connectivity index (χ1n) is 11.9. The van der Waals surface area contributed by atoms with E-state index in [1.807, 2.05) is 13.0 Å².